The van der Waals surface area contributed by atoms with Crippen LogP contribution in [0.3, 0.4) is 0 Å². The van der Waals surface area contributed by atoms with Crippen molar-refractivity contribution in [2.45, 2.75) is 40.3 Å². The largest absolute Gasteiger partial charge is 0.307 e. The third-order valence-electron chi connectivity index (χ3n) is 3.94. The molecule has 110 valence electrons. The minimum absolute atomic E-state index is 0.850. The molecule has 1 aromatic carbocycles. The normalized spacial score (nSPS) is 11.4. The number of rotatable bonds is 5. The third-order valence-corrected chi connectivity index (χ3v) is 4.88. The molecular formula is C17H21N3S. The second kappa shape index (κ2) is 6.00. The molecule has 0 fully saturated rings. The molecule has 0 spiro atoms. The lowest BCUT2D eigenvalue weighted by Crippen LogP contribution is -2.16. The van der Waals surface area contributed by atoms with E-state index in [-0.39, 0.29) is 0 Å². The van der Waals surface area contributed by atoms with Gasteiger partial charge in [0.15, 0.2) is 4.96 Å². The van der Waals surface area contributed by atoms with E-state index in [0.29, 0.717) is 0 Å². The van der Waals surface area contributed by atoms with Gasteiger partial charge in [0, 0.05) is 24.2 Å². The Hall–Kier alpha value is -1.65. The van der Waals surface area contributed by atoms with Gasteiger partial charge in [-0.1, -0.05) is 31.2 Å². The van der Waals surface area contributed by atoms with Gasteiger partial charge >= 0.3 is 0 Å². The van der Waals surface area contributed by atoms with Gasteiger partial charge in [0.25, 0.3) is 0 Å². The maximum Gasteiger partial charge on any atom is 0.194 e. The summed E-state index contributed by atoms with van der Waals surface area (Å²) in [5.74, 6) is 0. The zero-order valence-corrected chi connectivity index (χ0v) is 13.6. The van der Waals surface area contributed by atoms with E-state index < -0.39 is 0 Å². The summed E-state index contributed by atoms with van der Waals surface area (Å²) in [5, 5.41) is 5.74. The van der Waals surface area contributed by atoms with E-state index in [1.807, 2.05) is 0 Å². The summed E-state index contributed by atoms with van der Waals surface area (Å²) in [6.45, 7) is 8.19. The van der Waals surface area contributed by atoms with Gasteiger partial charge < -0.3 is 5.32 Å². The summed E-state index contributed by atoms with van der Waals surface area (Å²) in [5.41, 5.74) is 6.48. The first-order valence-corrected chi connectivity index (χ1v) is 8.28. The predicted molar refractivity (Wildman–Crippen MR) is 88.9 cm³/mol. The Kier molecular flexibility index (Phi) is 4.08. The summed E-state index contributed by atoms with van der Waals surface area (Å²) in [7, 11) is 0. The van der Waals surface area contributed by atoms with Crippen LogP contribution in [0.1, 0.15) is 35.1 Å². The maximum atomic E-state index is 4.63. The van der Waals surface area contributed by atoms with Crippen molar-refractivity contribution in [2.24, 2.45) is 0 Å². The van der Waals surface area contributed by atoms with Gasteiger partial charge in [-0.05, 0) is 31.4 Å². The molecule has 0 atom stereocenters. The van der Waals surface area contributed by atoms with Crippen molar-refractivity contribution >= 4 is 16.3 Å². The van der Waals surface area contributed by atoms with Crippen molar-refractivity contribution in [3.05, 3.63) is 57.9 Å². The molecule has 0 saturated heterocycles. The number of nitrogens with zero attached hydrogens (tertiary/aromatic N) is 2. The maximum absolute atomic E-state index is 4.63. The lowest BCUT2D eigenvalue weighted by molar-refractivity contribution is 0.667. The molecule has 3 rings (SSSR count). The first-order valence-electron chi connectivity index (χ1n) is 7.40. The van der Waals surface area contributed by atoms with Crippen LogP contribution in [-0.4, -0.2) is 9.38 Å². The van der Waals surface area contributed by atoms with Gasteiger partial charge in [0.1, 0.15) is 0 Å². The molecular weight excluding hydrogens is 278 g/mol. The molecule has 0 aliphatic carbocycles. The highest BCUT2D eigenvalue weighted by molar-refractivity contribution is 7.15. The van der Waals surface area contributed by atoms with Crippen molar-refractivity contribution in [3.8, 4) is 0 Å². The minimum Gasteiger partial charge on any atom is -0.307 e. The number of benzene rings is 1. The van der Waals surface area contributed by atoms with Crippen LogP contribution < -0.4 is 5.32 Å². The van der Waals surface area contributed by atoms with Crippen molar-refractivity contribution in [2.75, 3.05) is 0 Å². The highest BCUT2D eigenvalue weighted by atomic mass is 32.1. The molecule has 2 aromatic heterocycles. The number of aryl methyl sites for hydroxylation is 3. The number of nitrogens with one attached hydrogen (secondary N) is 1. The standard InChI is InChI=1S/C17H21N3S/c1-4-14-7-5-6-8-15(14)9-18-10-16-13(3)19-17-20(16)12(2)11-21-17/h5-8,11,18H,4,9-10H2,1-3H3. The van der Waals surface area contributed by atoms with E-state index in [2.05, 4.69) is 65.1 Å². The summed E-state index contributed by atoms with van der Waals surface area (Å²) in [6, 6.07) is 8.64. The SMILES string of the molecule is CCc1ccccc1CNCc1c(C)nc2scc(C)n12. The van der Waals surface area contributed by atoms with Crippen molar-refractivity contribution in [3.63, 3.8) is 0 Å². The average molecular weight is 299 g/mol. The Bertz CT molecular complexity index is 755. The highest BCUT2D eigenvalue weighted by Crippen LogP contribution is 2.20. The summed E-state index contributed by atoms with van der Waals surface area (Å²) >= 11 is 1.71. The molecule has 0 unspecified atom stereocenters. The van der Waals surface area contributed by atoms with Crippen molar-refractivity contribution in [1.82, 2.24) is 14.7 Å². The second-order valence-corrected chi connectivity index (χ2v) is 6.20. The van der Waals surface area contributed by atoms with Crippen LogP contribution in [0, 0.1) is 13.8 Å². The molecule has 3 aromatic rings. The van der Waals surface area contributed by atoms with Crippen LogP contribution in [-0.2, 0) is 19.5 Å². The van der Waals surface area contributed by atoms with Crippen molar-refractivity contribution in [1.29, 1.82) is 0 Å². The Morgan fingerprint density at radius 3 is 2.67 bits per heavy atom. The Labute approximate surface area is 129 Å². The lowest BCUT2D eigenvalue weighted by Gasteiger charge is -2.09. The molecule has 3 nitrogen and oxygen atoms in total. The summed E-state index contributed by atoms with van der Waals surface area (Å²) < 4.78 is 2.26. The fraction of sp³-hybridized carbons (Fsp3) is 0.353. The first kappa shape index (κ1) is 14.3. The monoisotopic (exact) mass is 299 g/mol. The second-order valence-electron chi connectivity index (χ2n) is 5.36. The van der Waals surface area contributed by atoms with Crippen molar-refractivity contribution < 1.29 is 0 Å². The van der Waals surface area contributed by atoms with Crippen LogP contribution in [0.15, 0.2) is 29.6 Å². The summed E-state index contributed by atoms with van der Waals surface area (Å²) in [6.07, 6.45) is 1.08. The fourth-order valence-electron chi connectivity index (χ4n) is 2.77. The molecule has 21 heavy (non-hydrogen) atoms. The van der Waals surface area contributed by atoms with Crippen LogP contribution in [0.25, 0.3) is 4.96 Å². The molecule has 2 heterocycles. The van der Waals surface area contributed by atoms with Gasteiger partial charge in [-0.3, -0.25) is 4.40 Å². The predicted octanol–water partition coefficient (Wildman–Crippen LogP) is 3.86. The fourth-order valence-corrected chi connectivity index (χ4v) is 3.70. The van der Waals surface area contributed by atoms with Gasteiger partial charge in [-0.15, -0.1) is 11.3 Å². The van der Waals surface area contributed by atoms with Gasteiger partial charge in [-0.2, -0.15) is 0 Å². The molecule has 0 radical (unpaired) electrons. The van der Waals surface area contributed by atoms with Crippen LogP contribution in [0.2, 0.25) is 0 Å². The Balaban J connectivity index is 1.75. The van der Waals surface area contributed by atoms with Gasteiger partial charge in [-0.25, -0.2) is 4.98 Å². The van der Waals surface area contributed by atoms with E-state index in [4.69, 9.17) is 0 Å². The smallest absolute Gasteiger partial charge is 0.194 e. The number of hydrogen-bond donors (Lipinski definition) is 1. The van der Waals surface area contributed by atoms with Crippen LogP contribution >= 0.6 is 11.3 Å². The number of hydrogen-bond acceptors (Lipinski definition) is 3. The van der Waals surface area contributed by atoms with E-state index in [1.54, 1.807) is 11.3 Å². The number of fused-ring (bicyclic) bond motifs is 1. The molecule has 0 amide bonds. The number of imidazole rings is 1. The first-order chi connectivity index (χ1) is 10.2. The lowest BCUT2D eigenvalue weighted by atomic mass is 10.1. The molecule has 0 bridgehead atoms. The van der Waals surface area contributed by atoms with Gasteiger partial charge in [0.05, 0.1) is 11.4 Å². The zero-order valence-electron chi connectivity index (χ0n) is 12.8. The molecule has 0 aliphatic heterocycles. The quantitative estimate of drug-likeness (QED) is 0.775. The Morgan fingerprint density at radius 1 is 1.14 bits per heavy atom. The van der Waals surface area contributed by atoms with E-state index >= 15 is 0 Å². The van der Waals surface area contributed by atoms with E-state index in [0.717, 1.165) is 30.2 Å². The number of aromatic nitrogens is 2. The van der Waals surface area contributed by atoms with Crippen LogP contribution in [0.4, 0.5) is 0 Å². The van der Waals surface area contributed by atoms with Gasteiger partial charge in [0.2, 0.25) is 0 Å². The Morgan fingerprint density at radius 2 is 1.90 bits per heavy atom. The highest BCUT2D eigenvalue weighted by Gasteiger charge is 2.11. The molecule has 4 heteroatoms. The third kappa shape index (κ3) is 2.74. The average Bonchev–Trinajstić information content (AvgIpc) is 3.00. The van der Waals surface area contributed by atoms with Crippen LogP contribution in [0.5, 0.6) is 0 Å². The van der Waals surface area contributed by atoms with E-state index in [1.165, 1.54) is 22.5 Å². The molecule has 1 N–H and O–H groups in total. The van der Waals surface area contributed by atoms with E-state index in [9.17, 15) is 0 Å². The number of thiazole rings is 1. The zero-order chi connectivity index (χ0) is 14.8. The molecule has 0 aliphatic rings. The topological polar surface area (TPSA) is 29.3 Å². The minimum atomic E-state index is 0.850. The summed E-state index contributed by atoms with van der Waals surface area (Å²) in [4.78, 5) is 5.73. The molecule has 0 saturated carbocycles.